The molecule has 0 spiro atoms. The van der Waals surface area contributed by atoms with Gasteiger partial charge in [0.2, 0.25) is 0 Å². The molecule has 4 heterocycles. The second kappa shape index (κ2) is 11.3. The van der Waals surface area contributed by atoms with E-state index >= 15 is 0 Å². The highest BCUT2D eigenvalue weighted by Gasteiger charge is 2.30. The van der Waals surface area contributed by atoms with Gasteiger partial charge >= 0.3 is 0 Å². The van der Waals surface area contributed by atoms with E-state index < -0.39 is 0 Å². The zero-order valence-corrected chi connectivity index (χ0v) is 25.7. The maximum Gasteiger partial charge on any atom is 0.278 e. The average molecular weight is 624 g/mol. The third-order valence-electron chi connectivity index (χ3n) is 7.90. The number of aryl methyl sites for hydroxylation is 2. The molecule has 0 unspecified atom stereocenters. The van der Waals surface area contributed by atoms with Crippen LogP contribution in [0, 0.1) is 13.8 Å². The smallest absolute Gasteiger partial charge is 0.278 e. The van der Waals surface area contributed by atoms with Gasteiger partial charge in [-0.2, -0.15) is 0 Å². The molecule has 6 aromatic rings. The van der Waals surface area contributed by atoms with Crippen LogP contribution in [0.2, 0.25) is 10.0 Å². The first-order chi connectivity index (χ1) is 21.3. The normalized spacial score (nSPS) is 14.5. The van der Waals surface area contributed by atoms with E-state index in [0.717, 1.165) is 59.0 Å². The van der Waals surface area contributed by atoms with Crippen molar-refractivity contribution in [3.63, 3.8) is 0 Å². The third kappa shape index (κ3) is 5.40. The van der Waals surface area contributed by atoms with Gasteiger partial charge in [0.15, 0.2) is 11.3 Å². The summed E-state index contributed by atoms with van der Waals surface area (Å²) < 4.78 is 3.60. The summed E-state index contributed by atoms with van der Waals surface area (Å²) in [4.78, 5) is 43.7. The van der Waals surface area contributed by atoms with E-state index in [1.807, 2.05) is 50.2 Å². The predicted octanol–water partition coefficient (Wildman–Crippen LogP) is 7.51. The van der Waals surface area contributed by atoms with Crippen LogP contribution in [0.25, 0.3) is 44.8 Å². The maximum atomic E-state index is 12.9. The molecule has 220 valence electrons. The van der Waals surface area contributed by atoms with E-state index in [0.29, 0.717) is 32.7 Å². The molecule has 4 aromatic heterocycles. The molecular weight excluding hydrogens is 595 g/mol. The van der Waals surface area contributed by atoms with Crippen molar-refractivity contribution in [2.45, 2.75) is 51.6 Å². The van der Waals surface area contributed by atoms with Crippen LogP contribution in [-0.4, -0.2) is 29.1 Å². The fraction of sp³-hybridized carbons (Fsp3) is 0.235. The molecule has 0 aliphatic heterocycles. The molecule has 0 atom stereocenters. The molecule has 2 aliphatic carbocycles. The summed E-state index contributed by atoms with van der Waals surface area (Å²) in [5.41, 5.74) is 7.31. The number of hydrogen-bond acceptors (Lipinski definition) is 6. The molecule has 0 bridgehead atoms. The van der Waals surface area contributed by atoms with Crippen molar-refractivity contribution >= 4 is 45.5 Å². The summed E-state index contributed by atoms with van der Waals surface area (Å²) in [5, 5.41) is 1.29. The lowest BCUT2D eigenvalue weighted by atomic mass is 10.1. The van der Waals surface area contributed by atoms with Crippen molar-refractivity contribution in [2.24, 2.45) is 0 Å². The van der Waals surface area contributed by atoms with E-state index in [1.54, 1.807) is 45.8 Å². The molecule has 44 heavy (non-hydrogen) atoms. The van der Waals surface area contributed by atoms with Gasteiger partial charge in [-0.1, -0.05) is 47.5 Å². The van der Waals surface area contributed by atoms with Gasteiger partial charge in [0, 0.05) is 45.6 Å². The number of halogens is 2. The summed E-state index contributed by atoms with van der Waals surface area (Å²) in [5.74, 6) is 0. The van der Waals surface area contributed by atoms with Gasteiger partial charge in [-0.15, -0.1) is 0 Å². The van der Waals surface area contributed by atoms with E-state index in [-0.39, 0.29) is 23.2 Å². The van der Waals surface area contributed by atoms with Gasteiger partial charge < -0.3 is 0 Å². The van der Waals surface area contributed by atoms with Crippen LogP contribution < -0.4 is 11.1 Å². The number of nitrogens with zero attached hydrogens (tertiary/aromatic N) is 6. The minimum absolute atomic E-state index is 0.0737. The molecule has 2 saturated carbocycles. The molecule has 2 aliphatic rings. The molecule has 0 N–H and O–H groups in total. The van der Waals surface area contributed by atoms with Crippen molar-refractivity contribution in [2.75, 3.05) is 0 Å². The van der Waals surface area contributed by atoms with Crippen molar-refractivity contribution < 1.29 is 0 Å². The Morgan fingerprint density at radius 2 is 1.20 bits per heavy atom. The highest BCUT2D eigenvalue weighted by Crippen LogP contribution is 2.37. The largest absolute Gasteiger partial charge is 0.286 e. The van der Waals surface area contributed by atoms with Crippen molar-refractivity contribution in [3.05, 3.63) is 115 Å². The monoisotopic (exact) mass is 622 g/mol. The number of benzene rings is 2. The first-order valence-electron chi connectivity index (χ1n) is 14.6. The van der Waals surface area contributed by atoms with Crippen LogP contribution in [0.15, 0.2) is 82.6 Å². The summed E-state index contributed by atoms with van der Waals surface area (Å²) in [6, 6.07) is 18.8. The molecule has 2 aromatic carbocycles. The zero-order valence-electron chi connectivity index (χ0n) is 24.2. The number of fused-ring (bicyclic) bond motifs is 2. The van der Waals surface area contributed by atoms with E-state index in [9.17, 15) is 9.59 Å². The molecule has 2 fully saturated rings. The first-order valence-corrected chi connectivity index (χ1v) is 15.3. The number of aromatic nitrogens is 6. The standard InChI is InChI=1S/2C17H14ClN3O/c1-10-8-14-16(19-9-10)21(13-6-7-13)17(22)15(20-14)11-2-4-12(18)5-3-11;1-10-8-9-19-16-14(10)20-15(11-2-4-12(18)5-3-11)17(22)21(16)13-6-7-13/h2*2-5,8-9,13H,6-7H2,1H3. The van der Waals surface area contributed by atoms with Crippen molar-refractivity contribution in [3.8, 4) is 22.5 Å². The fourth-order valence-corrected chi connectivity index (χ4v) is 5.60. The van der Waals surface area contributed by atoms with E-state index in [4.69, 9.17) is 23.2 Å². The lowest BCUT2D eigenvalue weighted by Crippen LogP contribution is -2.23. The zero-order chi connectivity index (χ0) is 30.5. The first kappa shape index (κ1) is 28.4. The lowest BCUT2D eigenvalue weighted by molar-refractivity contribution is 0.725. The SMILES string of the molecule is Cc1ccnc2c1nc(-c1ccc(Cl)cc1)c(=O)n2C1CC1.Cc1cnc2c(c1)nc(-c1ccc(Cl)cc1)c(=O)n2C1CC1. The highest BCUT2D eigenvalue weighted by atomic mass is 35.5. The van der Waals surface area contributed by atoms with Crippen molar-refractivity contribution in [1.82, 2.24) is 29.1 Å². The Labute approximate surface area is 263 Å². The van der Waals surface area contributed by atoms with Gasteiger partial charge in [-0.05, 0) is 87.1 Å². The molecule has 0 saturated heterocycles. The van der Waals surface area contributed by atoms with Gasteiger partial charge in [-0.3, -0.25) is 18.7 Å². The Balaban J connectivity index is 0.000000142. The van der Waals surface area contributed by atoms with Crippen molar-refractivity contribution in [1.29, 1.82) is 0 Å². The molecule has 0 amide bonds. The molecule has 10 heteroatoms. The molecular formula is C34H28Cl2N6O2. The molecule has 8 rings (SSSR count). The lowest BCUT2D eigenvalue weighted by Gasteiger charge is -2.12. The Morgan fingerprint density at radius 3 is 1.75 bits per heavy atom. The van der Waals surface area contributed by atoms with Gasteiger partial charge in [-0.25, -0.2) is 19.9 Å². The van der Waals surface area contributed by atoms with Crippen LogP contribution in [0.4, 0.5) is 0 Å². The minimum atomic E-state index is -0.0753. The molecule has 0 radical (unpaired) electrons. The van der Waals surface area contributed by atoms with Crippen LogP contribution in [0.1, 0.15) is 48.9 Å². The van der Waals surface area contributed by atoms with E-state index in [2.05, 4.69) is 19.9 Å². The minimum Gasteiger partial charge on any atom is -0.286 e. The number of pyridine rings is 2. The van der Waals surface area contributed by atoms with Crippen LogP contribution in [-0.2, 0) is 0 Å². The maximum absolute atomic E-state index is 12.9. The van der Waals surface area contributed by atoms with Crippen LogP contribution in [0.5, 0.6) is 0 Å². The molecule has 8 nitrogen and oxygen atoms in total. The van der Waals surface area contributed by atoms with Gasteiger partial charge in [0.1, 0.15) is 22.4 Å². The second-order valence-corrected chi connectivity index (χ2v) is 12.3. The van der Waals surface area contributed by atoms with Gasteiger partial charge in [0.05, 0.1) is 0 Å². The Kier molecular flexibility index (Phi) is 7.26. The summed E-state index contributed by atoms with van der Waals surface area (Å²) in [7, 11) is 0. The van der Waals surface area contributed by atoms with E-state index in [1.165, 1.54) is 0 Å². The summed E-state index contributed by atoms with van der Waals surface area (Å²) in [6.07, 6.45) is 7.61. The third-order valence-corrected chi connectivity index (χ3v) is 8.41. The predicted molar refractivity (Wildman–Crippen MR) is 175 cm³/mol. The summed E-state index contributed by atoms with van der Waals surface area (Å²) in [6.45, 7) is 3.97. The quantitative estimate of drug-likeness (QED) is 0.202. The topological polar surface area (TPSA) is 95.6 Å². The average Bonchev–Trinajstić information content (AvgIpc) is 3.94. The fourth-order valence-electron chi connectivity index (χ4n) is 5.35. The number of rotatable bonds is 4. The Bertz CT molecular complexity index is 2170. The Morgan fingerprint density at radius 1 is 0.682 bits per heavy atom. The highest BCUT2D eigenvalue weighted by molar-refractivity contribution is 6.30. The second-order valence-electron chi connectivity index (χ2n) is 11.4. The number of hydrogen-bond donors (Lipinski definition) is 0. The van der Waals surface area contributed by atoms with Gasteiger partial charge in [0.25, 0.3) is 11.1 Å². The van der Waals surface area contributed by atoms with Crippen LogP contribution >= 0.6 is 23.2 Å². The van der Waals surface area contributed by atoms with Crippen LogP contribution in [0.3, 0.4) is 0 Å². The Hall–Kier alpha value is -4.40. The summed E-state index contributed by atoms with van der Waals surface area (Å²) >= 11 is 11.9.